The number of carbonyl (C=O) groups is 1. The number of nitrogens with one attached hydrogen (secondary N) is 1. The Balaban J connectivity index is 2.57. The minimum Gasteiger partial charge on any atom is -0.480 e. The molecule has 1 aliphatic heterocycles. The molecule has 0 aromatic heterocycles. The van der Waals surface area contributed by atoms with Crippen LogP contribution in [-0.2, 0) is 4.79 Å². The maximum atomic E-state index is 10.3. The molecule has 58 valence electrons. The molecule has 1 saturated heterocycles. The highest BCUT2D eigenvalue weighted by Crippen LogP contribution is 2.13. The van der Waals surface area contributed by atoms with Gasteiger partial charge in [-0.1, -0.05) is 6.92 Å². The van der Waals surface area contributed by atoms with Crippen LogP contribution in [0, 0.1) is 5.92 Å². The zero-order valence-corrected chi connectivity index (χ0v) is 5.74. The summed E-state index contributed by atoms with van der Waals surface area (Å²) in [6.07, 6.45) is -0.738. The number of carboxylic acid groups (broad SMARTS) is 1. The van der Waals surface area contributed by atoms with Crippen LogP contribution in [0.25, 0.3) is 0 Å². The summed E-state index contributed by atoms with van der Waals surface area (Å²) in [5.74, 6) is -0.932. The molecule has 4 nitrogen and oxygen atoms in total. The minimum atomic E-state index is -0.975. The Morgan fingerprint density at radius 2 is 2.30 bits per heavy atom. The van der Waals surface area contributed by atoms with Gasteiger partial charge in [0.2, 0.25) is 0 Å². The molecule has 0 aromatic rings. The molecule has 0 amide bonds. The third kappa shape index (κ3) is 1.12. The van der Waals surface area contributed by atoms with Crippen LogP contribution in [-0.4, -0.2) is 34.9 Å². The van der Waals surface area contributed by atoms with Gasteiger partial charge in [0, 0.05) is 6.54 Å². The molecule has 1 heterocycles. The van der Waals surface area contributed by atoms with Gasteiger partial charge in [-0.25, -0.2) is 0 Å². The summed E-state index contributed by atoms with van der Waals surface area (Å²) in [5, 5.41) is 20.4. The van der Waals surface area contributed by atoms with Crippen LogP contribution in [0.5, 0.6) is 0 Å². The van der Waals surface area contributed by atoms with E-state index in [1.165, 1.54) is 0 Å². The maximum absolute atomic E-state index is 10.3. The first kappa shape index (κ1) is 7.50. The van der Waals surface area contributed by atoms with Crippen molar-refractivity contribution in [2.45, 2.75) is 19.1 Å². The zero-order chi connectivity index (χ0) is 7.72. The fraction of sp³-hybridized carbons (Fsp3) is 0.833. The first-order valence-corrected chi connectivity index (χ1v) is 3.27. The minimum absolute atomic E-state index is 0.0427. The molecule has 0 saturated carbocycles. The number of aliphatic hydroxyl groups excluding tert-OH is 1. The number of hydrogen-bond acceptors (Lipinski definition) is 3. The van der Waals surface area contributed by atoms with Crippen molar-refractivity contribution in [2.24, 2.45) is 5.92 Å². The Morgan fingerprint density at radius 1 is 1.70 bits per heavy atom. The van der Waals surface area contributed by atoms with E-state index in [1.54, 1.807) is 0 Å². The number of rotatable bonds is 1. The number of hydrogen-bond donors (Lipinski definition) is 3. The predicted molar refractivity (Wildman–Crippen MR) is 34.6 cm³/mol. The van der Waals surface area contributed by atoms with Crippen molar-refractivity contribution < 1.29 is 15.0 Å². The van der Waals surface area contributed by atoms with E-state index < -0.39 is 18.1 Å². The highest BCUT2D eigenvalue weighted by Gasteiger charge is 2.35. The van der Waals surface area contributed by atoms with Crippen molar-refractivity contribution in [2.75, 3.05) is 6.54 Å². The zero-order valence-electron chi connectivity index (χ0n) is 5.74. The monoisotopic (exact) mass is 145 g/mol. The SMILES string of the molecule is C[C@@H]1CN[C@H](C(=O)O)[C@H]1O. The van der Waals surface area contributed by atoms with Gasteiger partial charge in [0.1, 0.15) is 6.04 Å². The fourth-order valence-corrected chi connectivity index (χ4v) is 1.12. The summed E-state index contributed by atoms with van der Waals surface area (Å²) >= 11 is 0. The van der Waals surface area contributed by atoms with E-state index >= 15 is 0 Å². The van der Waals surface area contributed by atoms with Crippen molar-refractivity contribution in [1.82, 2.24) is 5.32 Å². The summed E-state index contributed by atoms with van der Waals surface area (Å²) < 4.78 is 0. The highest BCUT2D eigenvalue weighted by molar-refractivity contribution is 5.74. The van der Waals surface area contributed by atoms with Gasteiger partial charge in [-0.15, -0.1) is 0 Å². The molecule has 0 aliphatic carbocycles. The summed E-state index contributed by atoms with van der Waals surface area (Å²) in [4.78, 5) is 10.3. The molecule has 0 aromatic carbocycles. The van der Waals surface area contributed by atoms with Gasteiger partial charge >= 0.3 is 5.97 Å². The van der Waals surface area contributed by atoms with Gasteiger partial charge in [-0.05, 0) is 5.92 Å². The first-order valence-electron chi connectivity index (χ1n) is 3.27. The second-order valence-electron chi connectivity index (χ2n) is 2.69. The molecule has 3 atom stereocenters. The molecule has 0 bridgehead atoms. The Bertz CT molecular complexity index is 148. The molecule has 0 unspecified atom stereocenters. The molecule has 1 fully saturated rings. The van der Waals surface area contributed by atoms with Crippen LogP contribution in [0.3, 0.4) is 0 Å². The van der Waals surface area contributed by atoms with E-state index in [0.717, 1.165) is 0 Å². The predicted octanol–water partition coefficient (Wildman–Crippen LogP) is -0.960. The second-order valence-corrected chi connectivity index (χ2v) is 2.69. The fourth-order valence-electron chi connectivity index (χ4n) is 1.12. The van der Waals surface area contributed by atoms with Crippen molar-refractivity contribution in [3.05, 3.63) is 0 Å². The van der Waals surface area contributed by atoms with E-state index in [4.69, 9.17) is 5.11 Å². The van der Waals surface area contributed by atoms with Crippen LogP contribution in [0.1, 0.15) is 6.92 Å². The van der Waals surface area contributed by atoms with E-state index in [0.29, 0.717) is 6.54 Å². The van der Waals surface area contributed by atoms with Crippen molar-refractivity contribution in [3.8, 4) is 0 Å². The molecule has 4 heteroatoms. The van der Waals surface area contributed by atoms with Crippen LogP contribution in [0.2, 0.25) is 0 Å². The van der Waals surface area contributed by atoms with Crippen molar-refractivity contribution >= 4 is 5.97 Å². The lowest BCUT2D eigenvalue weighted by molar-refractivity contribution is -0.141. The number of aliphatic hydroxyl groups is 1. The van der Waals surface area contributed by atoms with Crippen molar-refractivity contribution in [1.29, 1.82) is 0 Å². The van der Waals surface area contributed by atoms with Gasteiger partial charge < -0.3 is 15.5 Å². The average Bonchev–Trinajstić information content (AvgIpc) is 2.14. The smallest absolute Gasteiger partial charge is 0.323 e. The standard InChI is InChI=1S/C6H11NO3/c1-3-2-7-4(5(3)8)6(9)10/h3-5,7-8H,2H2,1H3,(H,9,10)/t3-,4+,5+/m1/s1. The maximum Gasteiger partial charge on any atom is 0.323 e. The van der Waals surface area contributed by atoms with Crippen LogP contribution < -0.4 is 5.32 Å². The van der Waals surface area contributed by atoms with Gasteiger partial charge in [-0.3, -0.25) is 4.79 Å². The molecular weight excluding hydrogens is 134 g/mol. The molecule has 0 spiro atoms. The number of aliphatic carboxylic acids is 1. The summed E-state index contributed by atoms with van der Waals surface area (Å²) in [7, 11) is 0. The first-order chi connectivity index (χ1) is 4.63. The lowest BCUT2D eigenvalue weighted by atomic mass is 10.0. The molecule has 1 rings (SSSR count). The van der Waals surface area contributed by atoms with Gasteiger partial charge in [0.05, 0.1) is 6.10 Å². The van der Waals surface area contributed by atoms with Crippen molar-refractivity contribution in [3.63, 3.8) is 0 Å². The molecule has 3 N–H and O–H groups in total. The van der Waals surface area contributed by atoms with Crippen LogP contribution >= 0.6 is 0 Å². The van der Waals surface area contributed by atoms with Gasteiger partial charge in [-0.2, -0.15) is 0 Å². The largest absolute Gasteiger partial charge is 0.480 e. The quantitative estimate of drug-likeness (QED) is 0.444. The van der Waals surface area contributed by atoms with E-state index in [1.807, 2.05) is 6.92 Å². The average molecular weight is 145 g/mol. The normalized spacial score (nSPS) is 40.0. The summed E-state index contributed by atoms with van der Waals surface area (Å²) in [5.41, 5.74) is 0. The Morgan fingerprint density at radius 3 is 2.50 bits per heavy atom. The Kier molecular flexibility index (Phi) is 1.92. The lowest BCUT2D eigenvalue weighted by Crippen LogP contribution is -2.38. The molecule has 0 radical (unpaired) electrons. The van der Waals surface area contributed by atoms with Crippen LogP contribution in [0.4, 0.5) is 0 Å². The third-order valence-electron chi connectivity index (χ3n) is 1.85. The molecule has 10 heavy (non-hydrogen) atoms. The Hall–Kier alpha value is -0.610. The summed E-state index contributed by atoms with van der Waals surface area (Å²) in [6.45, 7) is 2.40. The summed E-state index contributed by atoms with van der Waals surface area (Å²) in [6, 6.07) is -0.769. The van der Waals surface area contributed by atoms with Gasteiger partial charge in [0.25, 0.3) is 0 Å². The van der Waals surface area contributed by atoms with E-state index in [-0.39, 0.29) is 5.92 Å². The highest BCUT2D eigenvalue weighted by atomic mass is 16.4. The topological polar surface area (TPSA) is 69.6 Å². The number of carboxylic acids is 1. The molecular formula is C6H11NO3. The molecule has 1 aliphatic rings. The lowest BCUT2D eigenvalue weighted by Gasteiger charge is -2.10. The Labute approximate surface area is 58.9 Å². The van der Waals surface area contributed by atoms with E-state index in [9.17, 15) is 9.90 Å². The van der Waals surface area contributed by atoms with E-state index in [2.05, 4.69) is 5.32 Å². The third-order valence-corrected chi connectivity index (χ3v) is 1.85. The second kappa shape index (κ2) is 2.56. The van der Waals surface area contributed by atoms with Crippen LogP contribution in [0.15, 0.2) is 0 Å². The van der Waals surface area contributed by atoms with Gasteiger partial charge in [0.15, 0.2) is 0 Å².